The van der Waals surface area contributed by atoms with Crippen LogP contribution in [-0.2, 0) is 17.6 Å². The molecule has 23 heavy (non-hydrogen) atoms. The zero-order valence-electron chi connectivity index (χ0n) is 13.3. The van der Waals surface area contributed by atoms with Crippen molar-refractivity contribution in [1.82, 2.24) is 0 Å². The van der Waals surface area contributed by atoms with Gasteiger partial charge in [-0.3, -0.25) is 0 Å². The largest absolute Gasteiger partial charge is 0.496 e. The van der Waals surface area contributed by atoms with Crippen molar-refractivity contribution in [3.05, 3.63) is 64.7 Å². The molecule has 4 heteroatoms. The minimum absolute atomic E-state index is 0.368. The van der Waals surface area contributed by atoms with Crippen molar-refractivity contribution in [2.45, 2.75) is 12.8 Å². The average molecular weight is 309 g/mol. The molecule has 2 aromatic carbocycles. The Labute approximate surface area is 135 Å². The maximum absolute atomic E-state index is 11.6. The Morgan fingerprint density at radius 2 is 2.00 bits per heavy atom. The summed E-state index contributed by atoms with van der Waals surface area (Å²) in [6, 6.07) is 11.4. The van der Waals surface area contributed by atoms with Crippen LogP contribution < -0.4 is 10.5 Å². The number of rotatable bonds is 4. The summed E-state index contributed by atoms with van der Waals surface area (Å²) in [6.45, 7) is 0. The number of carbonyl (C=O) groups is 1. The minimum Gasteiger partial charge on any atom is -0.496 e. The molecule has 0 atom stereocenters. The van der Waals surface area contributed by atoms with E-state index in [4.69, 9.17) is 15.2 Å². The number of nitrogens with two attached hydrogens (primary N) is 1. The highest BCUT2D eigenvalue weighted by molar-refractivity contribution is 5.90. The molecule has 3 rings (SSSR count). The number of nitrogen functional groups attached to an aromatic ring is 1. The van der Waals surface area contributed by atoms with Crippen LogP contribution in [0, 0.1) is 0 Å². The van der Waals surface area contributed by atoms with Crippen LogP contribution in [0.25, 0.3) is 5.57 Å². The lowest BCUT2D eigenvalue weighted by Crippen LogP contribution is -2.03. The number of hydrogen-bond donors (Lipinski definition) is 1. The fraction of sp³-hybridized carbons (Fsp3) is 0.211. The number of benzene rings is 2. The van der Waals surface area contributed by atoms with E-state index in [0.29, 0.717) is 11.3 Å². The monoisotopic (exact) mass is 309 g/mol. The van der Waals surface area contributed by atoms with Gasteiger partial charge in [-0.1, -0.05) is 18.2 Å². The zero-order chi connectivity index (χ0) is 16.4. The van der Waals surface area contributed by atoms with E-state index in [0.717, 1.165) is 24.1 Å². The third-order valence-corrected chi connectivity index (χ3v) is 4.14. The average Bonchev–Trinajstić information content (AvgIpc) is 2.96. The van der Waals surface area contributed by atoms with Crippen LogP contribution in [0.2, 0.25) is 0 Å². The molecule has 1 aliphatic rings. The second-order valence-electron chi connectivity index (χ2n) is 5.55. The van der Waals surface area contributed by atoms with Crippen LogP contribution in [0.4, 0.5) is 5.69 Å². The number of anilines is 1. The van der Waals surface area contributed by atoms with Crippen molar-refractivity contribution in [1.29, 1.82) is 0 Å². The molecule has 0 aromatic heterocycles. The topological polar surface area (TPSA) is 61.5 Å². The van der Waals surface area contributed by atoms with Crippen LogP contribution in [-0.4, -0.2) is 20.2 Å². The minimum atomic E-state index is -0.368. The summed E-state index contributed by atoms with van der Waals surface area (Å²) in [4.78, 5) is 11.6. The molecule has 2 N–H and O–H groups in total. The lowest BCUT2D eigenvalue weighted by atomic mass is 9.97. The van der Waals surface area contributed by atoms with Gasteiger partial charge in [0.2, 0.25) is 0 Å². The van der Waals surface area contributed by atoms with Gasteiger partial charge < -0.3 is 15.2 Å². The van der Waals surface area contributed by atoms with Crippen LogP contribution >= 0.6 is 0 Å². The third-order valence-electron chi connectivity index (χ3n) is 4.14. The Morgan fingerprint density at radius 3 is 2.74 bits per heavy atom. The molecule has 1 aliphatic carbocycles. The summed E-state index contributed by atoms with van der Waals surface area (Å²) >= 11 is 0. The molecule has 2 aromatic rings. The molecule has 4 nitrogen and oxygen atoms in total. The fourth-order valence-corrected chi connectivity index (χ4v) is 2.92. The second kappa shape index (κ2) is 6.16. The van der Waals surface area contributed by atoms with Gasteiger partial charge in [0.25, 0.3) is 0 Å². The molecule has 0 aliphatic heterocycles. The molecule has 0 spiro atoms. The van der Waals surface area contributed by atoms with Crippen LogP contribution in [0.3, 0.4) is 0 Å². The number of esters is 1. The van der Waals surface area contributed by atoms with Gasteiger partial charge in [-0.25, -0.2) is 4.79 Å². The van der Waals surface area contributed by atoms with E-state index in [2.05, 4.69) is 12.1 Å². The molecule has 0 amide bonds. The predicted molar refractivity (Wildman–Crippen MR) is 90.6 cm³/mol. The summed E-state index contributed by atoms with van der Waals surface area (Å²) in [7, 11) is 2.97. The summed E-state index contributed by atoms with van der Waals surface area (Å²) < 4.78 is 10.2. The first-order chi connectivity index (χ1) is 11.1. The van der Waals surface area contributed by atoms with E-state index >= 15 is 0 Å². The Kier molecular flexibility index (Phi) is 4.06. The zero-order valence-corrected chi connectivity index (χ0v) is 13.3. The lowest BCUT2D eigenvalue weighted by molar-refractivity contribution is 0.0600. The molecular formula is C19H19NO3. The Bertz CT molecular complexity index is 793. The Balaban J connectivity index is 1.90. The van der Waals surface area contributed by atoms with Gasteiger partial charge in [0.15, 0.2) is 0 Å². The number of ether oxygens (including phenoxy) is 2. The number of fused-ring (bicyclic) bond motifs is 1. The van der Waals surface area contributed by atoms with Crippen LogP contribution in [0.1, 0.15) is 27.0 Å². The predicted octanol–water partition coefficient (Wildman–Crippen LogP) is 3.25. The van der Waals surface area contributed by atoms with E-state index in [1.165, 1.54) is 23.8 Å². The van der Waals surface area contributed by atoms with Crippen molar-refractivity contribution in [2.24, 2.45) is 0 Å². The molecular weight excluding hydrogens is 290 g/mol. The van der Waals surface area contributed by atoms with Crippen LogP contribution in [0.15, 0.2) is 42.5 Å². The number of allylic oxidation sites excluding steroid dienone is 2. The molecule has 0 saturated heterocycles. The number of methoxy groups -OCH3 is 2. The summed E-state index contributed by atoms with van der Waals surface area (Å²) in [6.07, 6.45) is 3.88. The van der Waals surface area contributed by atoms with E-state index in [1.54, 1.807) is 19.2 Å². The summed E-state index contributed by atoms with van der Waals surface area (Å²) in [5.41, 5.74) is 11.9. The molecule has 0 radical (unpaired) electrons. The maximum Gasteiger partial charge on any atom is 0.337 e. The van der Waals surface area contributed by atoms with E-state index in [1.807, 2.05) is 18.2 Å². The summed E-state index contributed by atoms with van der Waals surface area (Å²) in [5.74, 6) is 0.319. The van der Waals surface area contributed by atoms with Gasteiger partial charge in [0.1, 0.15) is 5.75 Å². The van der Waals surface area contributed by atoms with E-state index in [-0.39, 0.29) is 5.97 Å². The molecule has 118 valence electrons. The normalized spacial score (nSPS) is 12.5. The lowest BCUT2D eigenvalue weighted by Gasteiger charge is -2.12. The van der Waals surface area contributed by atoms with Crippen molar-refractivity contribution >= 4 is 17.2 Å². The quantitative estimate of drug-likeness (QED) is 0.695. The van der Waals surface area contributed by atoms with Crippen molar-refractivity contribution in [3.8, 4) is 5.75 Å². The Morgan fingerprint density at radius 1 is 1.17 bits per heavy atom. The van der Waals surface area contributed by atoms with E-state index < -0.39 is 0 Å². The SMILES string of the molecule is COC(=O)c1ccc(CC2=CCc3ccc(N)cc32)c(OC)c1. The Hall–Kier alpha value is -2.75. The highest BCUT2D eigenvalue weighted by Gasteiger charge is 2.17. The molecule has 0 unspecified atom stereocenters. The molecule has 0 fully saturated rings. The van der Waals surface area contributed by atoms with Gasteiger partial charge in [0.05, 0.1) is 19.8 Å². The third kappa shape index (κ3) is 2.93. The number of carbonyl (C=O) groups excluding carboxylic acids is 1. The van der Waals surface area contributed by atoms with Gasteiger partial charge >= 0.3 is 5.97 Å². The van der Waals surface area contributed by atoms with Crippen LogP contribution in [0.5, 0.6) is 5.75 Å². The van der Waals surface area contributed by atoms with Crippen molar-refractivity contribution < 1.29 is 14.3 Å². The first-order valence-electron chi connectivity index (χ1n) is 7.45. The van der Waals surface area contributed by atoms with Gasteiger partial charge in [-0.15, -0.1) is 0 Å². The maximum atomic E-state index is 11.6. The van der Waals surface area contributed by atoms with E-state index in [9.17, 15) is 4.79 Å². The smallest absolute Gasteiger partial charge is 0.337 e. The highest BCUT2D eigenvalue weighted by Crippen LogP contribution is 2.34. The molecule has 0 heterocycles. The van der Waals surface area contributed by atoms with Gasteiger partial charge in [-0.2, -0.15) is 0 Å². The number of hydrogen-bond acceptors (Lipinski definition) is 4. The van der Waals surface area contributed by atoms with Gasteiger partial charge in [0, 0.05) is 12.1 Å². The summed E-state index contributed by atoms with van der Waals surface area (Å²) in [5, 5.41) is 0. The van der Waals surface area contributed by atoms with Crippen molar-refractivity contribution in [3.63, 3.8) is 0 Å². The van der Waals surface area contributed by atoms with Crippen molar-refractivity contribution in [2.75, 3.05) is 20.0 Å². The first kappa shape index (κ1) is 15.2. The fourth-order valence-electron chi connectivity index (χ4n) is 2.92. The second-order valence-corrected chi connectivity index (χ2v) is 5.55. The molecule has 0 bridgehead atoms. The molecule has 0 saturated carbocycles. The van der Waals surface area contributed by atoms with Gasteiger partial charge in [-0.05, 0) is 52.9 Å². The standard InChI is InChI=1S/C19H19NO3/c1-22-18-10-15(19(21)23-2)6-5-14(18)9-13-4-3-12-7-8-16(20)11-17(12)13/h4-8,10-11H,3,9,20H2,1-2H3. The first-order valence-corrected chi connectivity index (χ1v) is 7.45. The highest BCUT2D eigenvalue weighted by atomic mass is 16.5.